The van der Waals surface area contributed by atoms with E-state index < -0.39 is 5.97 Å². The van der Waals surface area contributed by atoms with Crippen molar-refractivity contribution in [2.45, 2.75) is 32.2 Å². The van der Waals surface area contributed by atoms with Gasteiger partial charge in [0.25, 0.3) is 0 Å². The summed E-state index contributed by atoms with van der Waals surface area (Å²) in [6.07, 6.45) is 2.97. The Kier molecular flexibility index (Phi) is 7.06. The Hall–Kier alpha value is -2.28. The van der Waals surface area contributed by atoms with Gasteiger partial charge in [0, 0.05) is 32.8 Å². The topological polar surface area (TPSA) is 79.9 Å². The van der Waals surface area contributed by atoms with Gasteiger partial charge in [0.1, 0.15) is 0 Å². The number of carbonyl (C=O) groups is 2. The summed E-state index contributed by atoms with van der Waals surface area (Å²) in [5.74, 6) is -0.426. The molecule has 1 aromatic carbocycles. The van der Waals surface area contributed by atoms with Gasteiger partial charge in [-0.15, -0.1) is 0 Å². The van der Waals surface area contributed by atoms with E-state index in [4.69, 9.17) is 9.47 Å². The van der Waals surface area contributed by atoms with Crippen LogP contribution in [-0.2, 0) is 9.47 Å². The lowest BCUT2D eigenvalue weighted by atomic mass is 10.1. The molecular formula is C18H27N3O4. The second-order valence-corrected chi connectivity index (χ2v) is 6.20. The number of nitrogens with zero attached hydrogens (tertiary/aromatic N) is 1. The largest absolute Gasteiger partial charge is 0.465 e. The van der Waals surface area contributed by atoms with Gasteiger partial charge in [-0.05, 0) is 44.4 Å². The molecule has 1 aliphatic rings. The van der Waals surface area contributed by atoms with Crippen LogP contribution in [0.15, 0.2) is 18.2 Å². The average Bonchev–Trinajstić information content (AvgIpc) is 3.13. The normalized spacial score (nSPS) is 14.9. The van der Waals surface area contributed by atoms with E-state index in [0.717, 1.165) is 38.0 Å². The van der Waals surface area contributed by atoms with Gasteiger partial charge in [0.15, 0.2) is 0 Å². The van der Waals surface area contributed by atoms with Crippen LogP contribution in [0.25, 0.3) is 0 Å². The van der Waals surface area contributed by atoms with Crippen LogP contribution in [-0.4, -0.2) is 52.0 Å². The van der Waals surface area contributed by atoms with Gasteiger partial charge in [-0.2, -0.15) is 0 Å². The molecule has 1 aromatic rings. The minimum atomic E-state index is -0.426. The first-order valence-corrected chi connectivity index (χ1v) is 8.59. The van der Waals surface area contributed by atoms with Crippen molar-refractivity contribution < 1.29 is 19.1 Å². The molecule has 0 aliphatic carbocycles. The molecule has 2 amide bonds. The summed E-state index contributed by atoms with van der Waals surface area (Å²) in [4.78, 5) is 26.3. The SMILES string of the molecule is COCCC(C)NC(=O)Nc1cc(C(=O)OC)ccc1N1CCCC1. The third-order valence-electron chi connectivity index (χ3n) is 4.25. The van der Waals surface area contributed by atoms with Crippen LogP contribution in [0.4, 0.5) is 16.2 Å². The number of benzene rings is 1. The molecule has 0 spiro atoms. The molecule has 7 nitrogen and oxygen atoms in total. The second kappa shape index (κ2) is 9.27. The van der Waals surface area contributed by atoms with Crippen LogP contribution < -0.4 is 15.5 Å². The molecule has 7 heteroatoms. The number of esters is 1. The number of carbonyl (C=O) groups excluding carboxylic acids is 2. The van der Waals surface area contributed by atoms with Crippen LogP contribution >= 0.6 is 0 Å². The average molecular weight is 349 g/mol. The molecule has 0 bridgehead atoms. The second-order valence-electron chi connectivity index (χ2n) is 6.20. The van der Waals surface area contributed by atoms with Crippen molar-refractivity contribution in [3.05, 3.63) is 23.8 Å². The predicted octanol–water partition coefficient (Wildman–Crippen LogP) is 2.62. The number of anilines is 2. The van der Waals surface area contributed by atoms with E-state index in [1.807, 2.05) is 13.0 Å². The molecule has 0 radical (unpaired) electrons. The van der Waals surface area contributed by atoms with Gasteiger partial charge in [0.2, 0.25) is 0 Å². The Bertz CT molecular complexity index is 600. The highest BCUT2D eigenvalue weighted by atomic mass is 16.5. The molecule has 0 aromatic heterocycles. The number of hydrogen-bond donors (Lipinski definition) is 2. The minimum Gasteiger partial charge on any atom is -0.465 e. The van der Waals surface area contributed by atoms with Crippen LogP contribution in [0.1, 0.15) is 36.5 Å². The zero-order chi connectivity index (χ0) is 18.2. The molecule has 1 fully saturated rings. The number of rotatable bonds is 7. The van der Waals surface area contributed by atoms with Crippen molar-refractivity contribution in [2.24, 2.45) is 0 Å². The highest BCUT2D eigenvalue weighted by Crippen LogP contribution is 2.30. The van der Waals surface area contributed by atoms with E-state index in [9.17, 15) is 9.59 Å². The third-order valence-corrected chi connectivity index (χ3v) is 4.25. The molecule has 2 N–H and O–H groups in total. The van der Waals surface area contributed by atoms with Gasteiger partial charge in [-0.25, -0.2) is 9.59 Å². The summed E-state index contributed by atoms with van der Waals surface area (Å²) in [6.45, 7) is 4.39. The summed E-state index contributed by atoms with van der Waals surface area (Å²) in [5, 5.41) is 5.75. The maximum atomic E-state index is 12.3. The van der Waals surface area contributed by atoms with Crippen LogP contribution in [0.2, 0.25) is 0 Å². The third kappa shape index (κ3) is 5.35. The number of nitrogens with one attached hydrogen (secondary N) is 2. The van der Waals surface area contributed by atoms with E-state index in [1.165, 1.54) is 7.11 Å². The molecule has 1 saturated heterocycles. The number of urea groups is 1. The molecule has 1 atom stereocenters. The Morgan fingerprint density at radius 2 is 1.96 bits per heavy atom. The van der Waals surface area contributed by atoms with E-state index in [0.29, 0.717) is 17.9 Å². The number of ether oxygens (including phenoxy) is 2. The van der Waals surface area contributed by atoms with Gasteiger partial charge >= 0.3 is 12.0 Å². The smallest absolute Gasteiger partial charge is 0.337 e. The molecule has 1 aliphatic heterocycles. The molecular weight excluding hydrogens is 322 g/mol. The van der Waals surface area contributed by atoms with Crippen molar-refractivity contribution in [1.29, 1.82) is 0 Å². The summed E-state index contributed by atoms with van der Waals surface area (Å²) in [7, 11) is 2.97. The van der Waals surface area contributed by atoms with Crippen molar-refractivity contribution >= 4 is 23.4 Å². The fourth-order valence-corrected chi connectivity index (χ4v) is 2.86. The lowest BCUT2D eigenvalue weighted by Crippen LogP contribution is -2.37. The Morgan fingerprint density at radius 3 is 2.60 bits per heavy atom. The lowest BCUT2D eigenvalue weighted by molar-refractivity contribution is 0.0600. The highest BCUT2D eigenvalue weighted by Gasteiger charge is 2.19. The van der Waals surface area contributed by atoms with Crippen molar-refractivity contribution in [2.75, 3.05) is 44.1 Å². The number of amides is 2. The lowest BCUT2D eigenvalue weighted by Gasteiger charge is -2.23. The standard InChI is InChI=1S/C18H27N3O4/c1-13(8-11-24-2)19-18(23)20-15-12-14(17(22)25-3)6-7-16(15)21-9-4-5-10-21/h6-7,12-13H,4-5,8-11H2,1-3H3,(H2,19,20,23). The van der Waals surface area contributed by atoms with E-state index in [2.05, 4.69) is 15.5 Å². The zero-order valence-electron chi connectivity index (χ0n) is 15.1. The monoisotopic (exact) mass is 349 g/mol. The Morgan fingerprint density at radius 1 is 1.24 bits per heavy atom. The molecule has 2 rings (SSSR count). The van der Waals surface area contributed by atoms with Crippen LogP contribution in [0.3, 0.4) is 0 Å². The fourth-order valence-electron chi connectivity index (χ4n) is 2.86. The number of hydrogen-bond acceptors (Lipinski definition) is 5. The van der Waals surface area contributed by atoms with Gasteiger partial charge < -0.3 is 25.0 Å². The van der Waals surface area contributed by atoms with E-state index in [1.54, 1.807) is 19.2 Å². The summed E-state index contributed by atoms with van der Waals surface area (Å²) in [5.41, 5.74) is 1.94. The van der Waals surface area contributed by atoms with Crippen molar-refractivity contribution in [3.63, 3.8) is 0 Å². The fraction of sp³-hybridized carbons (Fsp3) is 0.556. The van der Waals surface area contributed by atoms with Gasteiger partial charge in [0.05, 0.1) is 24.0 Å². The van der Waals surface area contributed by atoms with Gasteiger partial charge in [-0.3, -0.25) is 0 Å². The summed E-state index contributed by atoms with van der Waals surface area (Å²) in [6, 6.07) is 4.94. The molecule has 1 unspecified atom stereocenters. The summed E-state index contributed by atoms with van der Waals surface area (Å²) < 4.78 is 9.80. The van der Waals surface area contributed by atoms with Crippen LogP contribution in [0, 0.1) is 0 Å². The summed E-state index contributed by atoms with van der Waals surface area (Å²) >= 11 is 0. The first-order chi connectivity index (χ1) is 12.0. The predicted molar refractivity (Wildman–Crippen MR) is 97.3 cm³/mol. The molecule has 25 heavy (non-hydrogen) atoms. The molecule has 0 saturated carbocycles. The maximum absolute atomic E-state index is 12.3. The first kappa shape index (κ1) is 19.1. The maximum Gasteiger partial charge on any atom is 0.337 e. The van der Waals surface area contributed by atoms with Crippen molar-refractivity contribution in [3.8, 4) is 0 Å². The Balaban J connectivity index is 2.14. The van der Waals surface area contributed by atoms with E-state index >= 15 is 0 Å². The minimum absolute atomic E-state index is 0.0148. The quantitative estimate of drug-likeness (QED) is 0.740. The van der Waals surface area contributed by atoms with E-state index in [-0.39, 0.29) is 12.1 Å². The highest BCUT2D eigenvalue weighted by molar-refractivity contribution is 5.97. The number of methoxy groups -OCH3 is 2. The van der Waals surface area contributed by atoms with Crippen LogP contribution in [0.5, 0.6) is 0 Å². The first-order valence-electron chi connectivity index (χ1n) is 8.59. The van der Waals surface area contributed by atoms with Gasteiger partial charge in [-0.1, -0.05) is 0 Å². The molecule has 138 valence electrons. The molecule has 1 heterocycles. The van der Waals surface area contributed by atoms with Crippen molar-refractivity contribution in [1.82, 2.24) is 5.32 Å². The Labute approximate surface area is 148 Å². The zero-order valence-corrected chi connectivity index (χ0v) is 15.1.